The van der Waals surface area contributed by atoms with Gasteiger partial charge >= 0.3 is 12.1 Å². The van der Waals surface area contributed by atoms with Crippen LogP contribution in [-0.2, 0) is 4.79 Å². The Hall–Kier alpha value is -3.89. The molecule has 4 aromatic rings. The van der Waals surface area contributed by atoms with Gasteiger partial charge in [-0.05, 0) is 56.9 Å². The van der Waals surface area contributed by atoms with Crippen molar-refractivity contribution >= 4 is 50.2 Å². The molecule has 0 aliphatic heterocycles. The third-order valence-corrected chi connectivity index (χ3v) is 6.86. The second-order valence-electron chi connectivity index (χ2n) is 8.66. The van der Waals surface area contributed by atoms with E-state index in [1.54, 1.807) is 22.0 Å². The van der Waals surface area contributed by atoms with Gasteiger partial charge in [-0.1, -0.05) is 0 Å². The van der Waals surface area contributed by atoms with Crippen LogP contribution in [0.3, 0.4) is 0 Å². The Labute approximate surface area is 213 Å². The Kier molecular flexibility index (Phi) is 7.51. The Balaban J connectivity index is 0.000000405. The molecule has 5 rings (SSSR count). The van der Waals surface area contributed by atoms with Crippen molar-refractivity contribution in [2.24, 2.45) is 5.73 Å². The lowest BCUT2D eigenvalue weighted by Crippen LogP contribution is -2.33. The van der Waals surface area contributed by atoms with Crippen molar-refractivity contribution in [3.05, 3.63) is 47.1 Å². The number of pyridine rings is 1. The van der Waals surface area contributed by atoms with Gasteiger partial charge in [-0.15, -0.1) is 11.3 Å². The number of halogens is 3. The van der Waals surface area contributed by atoms with Crippen molar-refractivity contribution < 1.29 is 23.1 Å². The molecule has 0 saturated heterocycles. The zero-order valence-electron chi connectivity index (χ0n) is 19.7. The van der Waals surface area contributed by atoms with Crippen molar-refractivity contribution in [1.29, 1.82) is 5.26 Å². The van der Waals surface area contributed by atoms with Crippen LogP contribution in [0.4, 0.5) is 30.4 Å². The normalized spacial score (nSPS) is 17.6. The number of nitrogens with one attached hydrogen (secondary N) is 2. The highest BCUT2D eigenvalue weighted by molar-refractivity contribution is 7.18. The lowest BCUT2D eigenvalue weighted by molar-refractivity contribution is -0.192. The van der Waals surface area contributed by atoms with Crippen molar-refractivity contribution in [2.45, 2.75) is 50.9 Å². The molecule has 0 spiro atoms. The summed E-state index contributed by atoms with van der Waals surface area (Å²) in [6.45, 7) is 2.02. The summed E-state index contributed by atoms with van der Waals surface area (Å²) in [6, 6.07) is 13.0. The molecule has 1 saturated carbocycles. The van der Waals surface area contributed by atoms with E-state index in [1.807, 2.05) is 31.2 Å². The molecule has 37 heavy (non-hydrogen) atoms. The van der Waals surface area contributed by atoms with E-state index in [9.17, 15) is 18.4 Å². The fourth-order valence-corrected chi connectivity index (χ4v) is 5.03. The first kappa shape index (κ1) is 26.2. The topological polar surface area (TPSA) is 141 Å². The average Bonchev–Trinajstić information content (AvgIpc) is 3.46. The molecule has 13 heteroatoms. The van der Waals surface area contributed by atoms with E-state index in [-0.39, 0.29) is 0 Å². The zero-order valence-corrected chi connectivity index (χ0v) is 20.5. The number of anilines is 3. The molecule has 1 fully saturated rings. The van der Waals surface area contributed by atoms with Crippen LogP contribution < -0.4 is 16.4 Å². The van der Waals surface area contributed by atoms with Crippen molar-refractivity contribution in [3.8, 4) is 6.07 Å². The van der Waals surface area contributed by atoms with Crippen LogP contribution in [0, 0.1) is 18.3 Å². The largest absolute Gasteiger partial charge is 0.490 e. The number of aryl methyl sites for hydroxylation is 1. The summed E-state index contributed by atoms with van der Waals surface area (Å²) in [5, 5.41) is 29.5. The van der Waals surface area contributed by atoms with E-state index in [4.69, 9.17) is 15.6 Å². The predicted molar refractivity (Wildman–Crippen MR) is 135 cm³/mol. The van der Waals surface area contributed by atoms with E-state index in [0.717, 1.165) is 63.6 Å². The monoisotopic (exact) mass is 531 g/mol. The summed E-state index contributed by atoms with van der Waals surface area (Å²) in [6.07, 6.45) is 0.684. The van der Waals surface area contributed by atoms with Gasteiger partial charge in [-0.25, -0.2) is 14.3 Å². The maximum Gasteiger partial charge on any atom is 0.490 e. The summed E-state index contributed by atoms with van der Waals surface area (Å²) < 4.78 is 34.7. The number of alkyl halides is 3. The molecule has 9 nitrogen and oxygen atoms in total. The summed E-state index contributed by atoms with van der Waals surface area (Å²) in [4.78, 5) is 13.4. The number of carboxylic acid groups (broad SMARTS) is 1. The van der Waals surface area contributed by atoms with Gasteiger partial charge < -0.3 is 21.5 Å². The molecule has 1 aliphatic rings. The van der Waals surface area contributed by atoms with E-state index in [0.29, 0.717) is 17.6 Å². The van der Waals surface area contributed by atoms with Crippen LogP contribution in [0.15, 0.2) is 36.5 Å². The molecule has 5 N–H and O–H groups in total. The van der Waals surface area contributed by atoms with Crippen LogP contribution in [0.25, 0.3) is 15.7 Å². The quantitative estimate of drug-likeness (QED) is 0.282. The SMILES string of the molecule is Cc1nc2ccc(Nc3cc(N[C@H]4CC[C@H](N)CC4)c(C#N)c4ccnn34)cc2s1.O=C(O)C(F)(F)F. The molecule has 1 aliphatic carbocycles. The van der Waals surface area contributed by atoms with Crippen LogP contribution in [0.1, 0.15) is 36.3 Å². The van der Waals surface area contributed by atoms with Crippen molar-refractivity contribution in [2.75, 3.05) is 10.6 Å². The Morgan fingerprint density at radius 1 is 1.24 bits per heavy atom. The van der Waals surface area contributed by atoms with E-state index in [1.165, 1.54) is 0 Å². The number of carboxylic acids is 1. The molecular weight excluding hydrogens is 507 g/mol. The Bertz CT molecular complexity index is 1470. The fourth-order valence-electron chi connectivity index (χ4n) is 4.16. The van der Waals surface area contributed by atoms with Gasteiger partial charge in [0.1, 0.15) is 17.5 Å². The van der Waals surface area contributed by atoms with Gasteiger partial charge in [0.15, 0.2) is 0 Å². The number of nitrogens with zero attached hydrogens (tertiary/aromatic N) is 4. The Morgan fingerprint density at radius 3 is 2.59 bits per heavy atom. The first-order valence-electron chi connectivity index (χ1n) is 11.4. The van der Waals surface area contributed by atoms with Crippen molar-refractivity contribution in [3.63, 3.8) is 0 Å². The minimum atomic E-state index is -5.08. The van der Waals surface area contributed by atoms with Gasteiger partial charge in [-0.3, -0.25) is 0 Å². The number of benzene rings is 1. The highest BCUT2D eigenvalue weighted by Crippen LogP contribution is 2.32. The Morgan fingerprint density at radius 2 is 1.95 bits per heavy atom. The van der Waals surface area contributed by atoms with E-state index >= 15 is 0 Å². The van der Waals surface area contributed by atoms with Crippen LogP contribution in [0.2, 0.25) is 0 Å². The summed E-state index contributed by atoms with van der Waals surface area (Å²) in [7, 11) is 0. The standard InChI is InChI=1S/C22H23N7S.C2HF3O2/c1-13-26-18-7-6-16(10-21(18)30-13)28-22-11-19(27-15-4-2-14(24)3-5-15)17(12-23)20-8-9-25-29(20)22;3-2(4,5)1(6)7/h6-11,14-15,27-28H,2-5,24H2,1H3;(H,6,7)/t14-,15-;. The number of thiazole rings is 1. The van der Waals surface area contributed by atoms with Gasteiger partial charge in [0.05, 0.1) is 32.6 Å². The predicted octanol–water partition coefficient (Wildman–Crippen LogP) is 5.18. The first-order chi connectivity index (χ1) is 17.5. The summed E-state index contributed by atoms with van der Waals surface area (Å²) >= 11 is 1.68. The number of fused-ring (bicyclic) bond motifs is 2. The molecule has 194 valence electrons. The highest BCUT2D eigenvalue weighted by Gasteiger charge is 2.38. The van der Waals surface area contributed by atoms with Crippen molar-refractivity contribution in [1.82, 2.24) is 14.6 Å². The van der Waals surface area contributed by atoms with Gasteiger partial charge in [-0.2, -0.15) is 23.5 Å². The number of rotatable bonds is 4. The molecular formula is C24H24F3N7O2S. The third kappa shape index (κ3) is 6.10. The lowest BCUT2D eigenvalue weighted by Gasteiger charge is -2.28. The van der Waals surface area contributed by atoms with Crippen LogP contribution in [-0.4, -0.2) is 43.9 Å². The maximum atomic E-state index is 10.6. The fraction of sp³-hybridized carbons (Fsp3) is 0.333. The van der Waals surface area contributed by atoms with E-state index < -0.39 is 12.1 Å². The van der Waals surface area contributed by atoms with Gasteiger partial charge in [0.2, 0.25) is 0 Å². The number of aromatic nitrogens is 3. The second kappa shape index (κ2) is 10.6. The second-order valence-corrected chi connectivity index (χ2v) is 9.89. The number of nitrogens with two attached hydrogens (primary N) is 1. The minimum Gasteiger partial charge on any atom is -0.475 e. The van der Waals surface area contributed by atoms with E-state index in [2.05, 4.69) is 32.9 Å². The van der Waals surface area contributed by atoms with Crippen LogP contribution in [0.5, 0.6) is 0 Å². The molecule has 0 atom stereocenters. The molecule has 3 heterocycles. The minimum absolute atomic E-state index is 0.290. The molecule has 0 unspecified atom stereocenters. The van der Waals surface area contributed by atoms with Gasteiger partial charge in [0, 0.05) is 23.8 Å². The molecule has 0 bridgehead atoms. The number of hydrogen-bond donors (Lipinski definition) is 4. The molecule has 0 radical (unpaired) electrons. The highest BCUT2D eigenvalue weighted by atomic mass is 32.1. The maximum absolute atomic E-state index is 10.6. The number of hydrogen-bond acceptors (Lipinski definition) is 8. The molecule has 0 amide bonds. The lowest BCUT2D eigenvalue weighted by atomic mass is 9.91. The van der Waals surface area contributed by atoms with Crippen LogP contribution >= 0.6 is 11.3 Å². The average molecular weight is 532 g/mol. The number of nitriles is 1. The summed E-state index contributed by atoms with van der Waals surface area (Å²) in [5.41, 5.74) is 10.3. The smallest absolute Gasteiger partial charge is 0.475 e. The first-order valence-corrected chi connectivity index (χ1v) is 12.2. The molecule has 3 aromatic heterocycles. The summed E-state index contributed by atoms with van der Waals surface area (Å²) in [5.74, 6) is -1.95. The zero-order chi connectivity index (χ0) is 26.7. The van der Waals surface area contributed by atoms with Gasteiger partial charge in [0.25, 0.3) is 0 Å². The molecule has 1 aromatic carbocycles. The number of aliphatic carboxylic acids is 1. The third-order valence-electron chi connectivity index (χ3n) is 5.93. The number of carbonyl (C=O) groups is 1.